The SMILES string of the molecule is CC(C)(C)OC(=O)C1=NO[C@@H](C(=O)NCc2ccn3ccnc3c2)C1. The summed E-state index contributed by atoms with van der Waals surface area (Å²) in [7, 11) is 0. The van der Waals surface area contributed by atoms with Gasteiger partial charge in [-0.05, 0) is 38.5 Å². The number of pyridine rings is 1. The summed E-state index contributed by atoms with van der Waals surface area (Å²) in [6.07, 6.45) is 4.71. The summed E-state index contributed by atoms with van der Waals surface area (Å²) in [5, 5.41) is 6.46. The average Bonchev–Trinajstić information content (AvgIpc) is 3.19. The minimum Gasteiger partial charge on any atom is -0.455 e. The van der Waals surface area contributed by atoms with Crippen molar-refractivity contribution in [1.29, 1.82) is 0 Å². The monoisotopic (exact) mass is 344 g/mol. The fourth-order valence-corrected chi connectivity index (χ4v) is 2.34. The van der Waals surface area contributed by atoms with Gasteiger partial charge in [-0.25, -0.2) is 9.78 Å². The van der Waals surface area contributed by atoms with Gasteiger partial charge in [-0.2, -0.15) is 0 Å². The van der Waals surface area contributed by atoms with Gasteiger partial charge in [0.25, 0.3) is 5.91 Å². The summed E-state index contributed by atoms with van der Waals surface area (Å²) in [5.74, 6) is -0.891. The van der Waals surface area contributed by atoms with Gasteiger partial charge in [0.1, 0.15) is 11.2 Å². The molecule has 0 fully saturated rings. The molecule has 1 aliphatic rings. The lowest BCUT2D eigenvalue weighted by Crippen LogP contribution is -2.35. The van der Waals surface area contributed by atoms with Crippen molar-refractivity contribution in [1.82, 2.24) is 14.7 Å². The Hall–Kier alpha value is -2.90. The summed E-state index contributed by atoms with van der Waals surface area (Å²) >= 11 is 0. The maximum absolute atomic E-state index is 12.2. The Morgan fingerprint density at radius 3 is 2.96 bits per heavy atom. The average molecular weight is 344 g/mol. The Balaban J connectivity index is 1.52. The third-order valence-corrected chi connectivity index (χ3v) is 3.52. The van der Waals surface area contributed by atoms with Crippen LogP contribution in [0.2, 0.25) is 0 Å². The van der Waals surface area contributed by atoms with Gasteiger partial charge in [-0.1, -0.05) is 5.16 Å². The molecule has 8 heteroatoms. The van der Waals surface area contributed by atoms with Crippen molar-refractivity contribution in [2.75, 3.05) is 0 Å². The molecule has 0 unspecified atom stereocenters. The van der Waals surface area contributed by atoms with Gasteiger partial charge in [0.05, 0.1) is 0 Å². The van der Waals surface area contributed by atoms with Crippen LogP contribution in [0.25, 0.3) is 5.65 Å². The van der Waals surface area contributed by atoms with E-state index in [9.17, 15) is 9.59 Å². The van der Waals surface area contributed by atoms with Crippen molar-refractivity contribution in [3.05, 3.63) is 36.3 Å². The maximum Gasteiger partial charge on any atom is 0.356 e. The highest BCUT2D eigenvalue weighted by Gasteiger charge is 2.33. The number of hydrogen-bond acceptors (Lipinski definition) is 6. The molecule has 1 N–H and O–H groups in total. The first-order valence-corrected chi connectivity index (χ1v) is 7.97. The number of oxime groups is 1. The number of fused-ring (bicyclic) bond motifs is 1. The molecular weight excluding hydrogens is 324 g/mol. The predicted octanol–water partition coefficient (Wildman–Crippen LogP) is 1.44. The van der Waals surface area contributed by atoms with Crippen molar-refractivity contribution >= 4 is 23.2 Å². The molecule has 0 bridgehead atoms. The van der Waals surface area contributed by atoms with Crippen molar-refractivity contribution in [2.45, 2.75) is 45.4 Å². The molecule has 3 heterocycles. The number of rotatable bonds is 4. The zero-order chi connectivity index (χ0) is 18.0. The summed E-state index contributed by atoms with van der Waals surface area (Å²) in [6.45, 7) is 5.64. The molecule has 1 amide bonds. The zero-order valence-corrected chi connectivity index (χ0v) is 14.4. The van der Waals surface area contributed by atoms with Gasteiger partial charge in [0, 0.05) is 31.6 Å². The Morgan fingerprint density at radius 2 is 2.20 bits per heavy atom. The van der Waals surface area contributed by atoms with E-state index in [2.05, 4.69) is 15.5 Å². The van der Waals surface area contributed by atoms with Gasteiger partial charge in [0.15, 0.2) is 5.71 Å². The normalized spacial score (nSPS) is 17.1. The second-order valence-corrected chi connectivity index (χ2v) is 6.78. The van der Waals surface area contributed by atoms with E-state index >= 15 is 0 Å². The molecule has 2 aromatic rings. The van der Waals surface area contributed by atoms with Crippen LogP contribution in [0, 0.1) is 0 Å². The molecule has 0 saturated carbocycles. The number of amides is 1. The number of esters is 1. The summed E-state index contributed by atoms with van der Waals surface area (Å²) in [4.78, 5) is 33.4. The highest BCUT2D eigenvalue weighted by molar-refractivity contribution is 6.37. The van der Waals surface area contributed by atoms with Gasteiger partial charge in [-0.15, -0.1) is 0 Å². The highest BCUT2D eigenvalue weighted by Crippen LogP contribution is 2.15. The third kappa shape index (κ3) is 4.14. The van der Waals surface area contributed by atoms with E-state index in [1.807, 2.05) is 28.9 Å². The van der Waals surface area contributed by atoms with Crippen LogP contribution in [0.5, 0.6) is 0 Å². The smallest absolute Gasteiger partial charge is 0.356 e. The number of aromatic nitrogens is 2. The van der Waals surface area contributed by atoms with Crippen LogP contribution in [-0.2, 0) is 25.7 Å². The van der Waals surface area contributed by atoms with Crippen LogP contribution in [0.3, 0.4) is 0 Å². The van der Waals surface area contributed by atoms with Crippen LogP contribution in [-0.4, -0.2) is 38.7 Å². The first kappa shape index (κ1) is 16.9. The van der Waals surface area contributed by atoms with E-state index in [4.69, 9.17) is 9.57 Å². The summed E-state index contributed by atoms with van der Waals surface area (Å²) in [5.41, 5.74) is 1.22. The Bertz CT molecular complexity index is 835. The van der Waals surface area contributed by atoms with E-state index in [0.29, 0.717) is 6.54 Å². The lowest BCUT2D eigenvalue weighted by molar-refractivity contribution is -0.146. The lowest BCUT2D eigenvalue weighted by atomic mass is 10.1. The highest BCUT2D eigenvalue weighted by atomic mass is 16.7. The van der Waals surface area contributed by atoms with Crippen LogP contribution >= 0.6 is 0 Å². The standard InChI is InChI=1S/C17H20N4O4/c1-17(2,3)24-16(23)12-9-13(25-20-12)15(22)19-10-11-4-6-21-7-5-18-14(21)8-11/h4-8,13H,9-10H2,1-3H3,(H,19,22)/t13-/m1/s1. The molecule has 0 aromatic carbocycles. The lowest BCUT2D eigenvalue weighted by Gasteiger charge is -2.18. The number of nitrogens with zero attached hydrogens (tertiary/aromatic N) is 3. The van der Waals surface area contributed by atoms with Gasteiger partial charge < -0.3 is 19.3 Å². The number of nitrogens with one attached hydrogen (secondary N) is 1. The van der Waals surface area contributed by atoms with E-state index in [-0.39, 0.29) is 18.0 Å². The van der Waals surface area contributed by atoms with E-state index in [0.717, 1.165) is 11.2 Å². The van der Waals surface area contributed by atoms with Crippen molar-refractivity contribution in [3.63, 3.8) is 0 Å². The van der Waals surface area contributed by atoms with Crippen LogP contribution in [0.4, 0.5) is 0 Å². The largest absolute Gasteiger partial charge is 0.455 e. The number of hydrogen-bond donors (Lipinski definition) is 1. The Labute approximate surface area is 144 Å². The maximum atomic E-state index is 12.2. The number of carbonyl (C=O) groups is 2. The molecule has 132 valence electrons. The van der Waals surface area contributed by atoms with Gasteiger partial charge in [0.2, 0.25) is 6.10 Å². The second kappa shape index (κ2) is 6.54. The van der Waals surface area contributed by atoms with Gasteiger partial charge in [-0.3, -0.25) is 4.79 Å². The van der Waals surface area contributed by atoms with E-state index in [1.54, 1.807) is 27.0 Å². The molecular formula is C17H20N4O4. The molecule has 0 aliphatic carbocycles. The summed E-state index contributed by atoms with van der Waals surface area (Å²) < 4.78 is 7.10. The first-order chi connectivity index (χ1) is 11.8. The number of imidazole rings is 1. The number of ether oxygens (including phenoxy) is 1. The van der Waals surface area contributed by atoms with E-state index in [1.165, 1.54) is 0 Å². The minimum absolute atomic E-state index is 0.0973. The van der Waals surface area contributed by atoms with Crippen LogP contribution in [0.1, 0.15) is 32.8 Å². The molecule has 0 radical (unpaired) electrons. The molecule has 1 aliphatic heterocycles. The van der Waals surface area contributed by atoms with Crippen LogP contribution < -0.4 is 5.32 Å². The predicted molar refractivity (Wildman–Crippen MR) is 89.8 cm³/mol. The number of carbonyl (C=O) groups excluding carboxylic acids is 2. The third-order valence-electron chi connectivity index (χ3n) is 3.52. The molecule has 8 nitrogen and oxygen atoms in total. The fourth-order valence-electron chi connectivity index (χ4n) is 2.34. The van der Waals surface area contributed by atoms with E-state index < -0.39 is 17.7 Å². The second-order valence-electron chi connectivity index (χ2n) is 6.78. The van der Waals surface area contributed by atoms with Crippen LogP contribution in [0.15, 0.2) is 35.9 Å². The van der Waals surface area contributed by atoms with Gasteiger partial charge >= 0.3 is 5.97 Å². The Morgan fingerprint density at radius 1 is 1.40 bits per heavy atom. The zero-order valence-electron chi connectivity index (χ0n) is 14.4. The topological polar surface area (TPSA) is 94.3 Å². The molecule has 0 spiro atoms. The van der Waals surface area contributed by atoms with Crippen molar-refractivity contribution < 1.29 is 19.2 Å². The minimum atomic E-state index is -0.822. The molecule has 3 rings (SSSR count). The summed E-state index contributed by atoms with van der Waals surface area (Å²) in [6, 6.07) is 3.78. The molecule has 1 atom stereocenters. The quantitative estimate of drug-likeness (QED) is 0.847. The fraction of sp³-hybridized carbons (Fsp3) is 0.412. The molecule has 25 heavy (non-hydrogen) atoms. The van der Waals surface area contributed by atoms with Crippen molar-refractivity contribution in [2.24, 2.45) is 5.16 Å². The molecule has 2 aromatic heterocycles. The first-order valence-electron chi connectivity index (χ1n) is 7.97. The van der Waals surface area contributed by atoms with Crippen molar-refractivity contribution in [3.8, 4) is 0 Å². The molecule has 0 saturated heterocycles. The Kier molecular flexibility index (Phi) is 4.43.